The molecule has 1 aromatic heterocycles. The topological polar surface area (TPSA) is 80.0 Å². The molecule has 2 N–H and O–H groups in total. The highest BCUT2D eigenvalue weighted by Gasteiger charge is 2.31. The van der Waals surface area contributed by atoms with Gasteiger partial charge in [0, 0.05) is 13.1 Å². The summed E-state index contributed by atoms with van der Waals surface area (Å²) in [5, 5.41) is 20.3. The predicted molar refractivity (Wildman–Crippen MR) is 65.8 cm³/mol. The zero-order valence-electron chi connectivity index (χ0n) is 10.8. The van der Waals surface area contributed by atoms with Crippen LogP contribution in [0.2, 0.25) is 0 Å². The van der Waals surface area contributed by atoms with Gasteiger partial charge in [0.05, 0.1) is 12.5 Å². The summed E-state index contributed by atoms with van der Waals surface area (Å²) in [6.07, 6.45) is 4.13. The number of rotatable bonds is 4. The Balaban J connectivity index is 1.91. The molecule has 1 aliphatic rings. The van der Waals surface area contributed by atoms with Crippen LogP contribution in [0, 0.1) is 11.8 Å². The summed E-state index contributed by atoms with van der Waals surface area (Å²) in [6, 6.07) is 0.247. The molecule has 3 unspecified atom stereocenters. The van der Waals surface area contributed by atoms with Crippen molar-refractivity contribution in [1.82, 2.24) is 20.1 Å². The summed E-state index contributed by atoms with van der Waals surface area (Å²) in [5.74, 6) is 0.499. The number of nitrogens with zero attached hydrogens (tertiary/aromatic N) is 3. The number of nitrogens with one attached hydrogen (secondary N) is 1. The molecule has 3 atom stereocenters. The van der Waals surface area contributed by atoms with Gasteiger partial charge >= 0.3 is 5.97 Å². The van der Waals surface area contributed by atoms with E-state index in [4.69, 9.17) is 5.11 Å². The van der Waals surface area contributed by atoms with Crippen LogP contribution in [0.5, 0.6) is 0 Å². The Bertz CT molecular complexity index is 418. The monoisotopic (exact) mass is 252 g/mol. The minimum Gasteiger partial charge on any atom is -0.481 e. The zero-order chi connectivity index (χ0) is 13.1. The van der Waals surface area contributed by atoms with Crippen molar-refractivity contribution < 1.29 is 9.90 Å². The Kier molecular flexibility index (Phi) is 3.96. The first-order chi connectivity index (χ1) is 8.58. The Morgan fingerprint density at radius 1 is 1.61 bits per heavy atom. The molecule has 0 radical (unpaired) electrons. The fourth-order valence-electron chi connectivity index (χ4n) is 2.52. The number of aryl methyl sites for hydroxylation is 1. The maximum Gasteiger partial charge on any atom is 0.306 e. The Labute approximate surface area is 106 Å². The molecule has 6 heteroatoms. The standard InChI is InChI=1S/C12H20N4O2/c1-8-3-4-9(12(17)18)5-10(8)13-6-11-15-14-7-16(11)2/h7-10,13H,3-6H2,1-2H3,(H,17,18). The van der Waals surface area contributed by atoms with Crippen LogP contribution in [-0.2, 0) is 18.4 Å². The summed E-state index contributed by atoms with van der Waals surface area (Å²) in [6.45, 7) is 2.81. The summed E-state index contributed by atoms with van der Waals surface area (Å²) in [7, 11) is 1.90. The highest BCUT2D eigenvalue weighted by atomic mass is 16.4. The van der Waals surface area contributed by atoms with Gasteiger partial charge in [0.1, 0.15) is 12.2 Å². The molecular weight excluding hydrogens is 232 g/mol. The fraction of sp³-hybridized carbons (Fsp3) is 0.750. The molecular formula is C12H20N4O2. The number of aromatic nitrogens is 3. The van der Waals surface area contributed by atoms with Crippen LogP contribution in [-0.4, -0.2) is 31.9 Å². The molecule has 0 aromatic carbocycles. The van der Waals surface area contributed by atoms with Crippen molar-refractivity contribution in [3.63, 3.8) is 0 Å². The number of hydrogen-bond acceptors (Lipinski definition) is 4. The van der Waals surface area contributed by atoms with E-state index in [0.29, 0.717) is 18.9 Å². The smallest absolute Gasteiger partial charge is 0.306 e. The lowest BCUT2D eigenvalue weighted by molar-refractivity contribution is -0.143. The van der Waals surface area contributed by atoms with Gasteiger partial charge in [0.25, 0.3) is 0 Å². The first kappa shape index (κ1) is 13.0. The van der Waals surface area contributed by atoms with E-state index in [1.54, 1.807) is 6.33 Å². The van der Waals surface area contributed by atoms with Crippen LogP contribution >= 0.6 is 0 Å². The Morgan fingerprint density at radius 3 is 3.00 bits per heavy atom. The van der Waals surface area contributed by atoms with Crippen molar-refractivity contribution in [3.8, 4) is 0 Å². The van der Waals surface area contributed by atoms with Crippen molar-refractivity contribution in [2.45, 2.75) is 38.8 Å². The molecule has 1 aliphatic carbocycles. The van der Waals surface area contributed by atoms with Gasteiger partial charge in [-0.15, -0.1) is 10.2 Å². The molecule has 1 saturated carbocycles. The fourth-order valence-corrected chi connectivity index (χ4v) is 2.52. The first-order valence-electron chi connectivity index (χ1n) is 6.37. The third-order valence-electron chi connectivity index (χ3n) is 3.87. The predicted octanol–water partition coefficient (Wildman–Crippen LogP) is 0.794. The number of carbonyl (C=O) groups is 1. The lowest BCUT2D eigenvalue weighted by Gasteiger charge is -2.33. The van der Waals surface area contributed by atoms with Gasteiger partial charge in [-0.05, 0) is 25.2 Å². The van der Waals surface area contributed by atoms with Gasteiger partial charge in [0.2, 0.25) is 0 Å². The molecule has 0 amide bonds. The molecule has 2 rings (SSSR count). The molecule has 0 aliphatic heterocycles. The van der Waals surface area contributed by atoms with Crippen LogP contribution in [0.1, 0.15) is 32.0 Å². The van der Waals surface area contributed by atoms with Gasteiger partial charge in [-0.2, -0.15) is 0 Å². The van der Waals surface area contributed by atoms with Crippen LogP contribution in [0.25, 0.3) is 0 Å². The normalized spacial score (nSPS) is 28.2. The SMILES string of the molecule is CC1CCC(C(=O)O)CC1NCc1nncn1C. The van der Waals surface area contributed by atoms with E-state index in [1.165, 1.54) is 0 Å². The van der Waals surface area contributed by atoms with Gasteiger partial charge in [-0.25, -0.2) is 0 Å². The summed E-state index contributed by atoms with van der Waals surface area (Å²) in [4.78, 5) is 11.0. The minimum atomic E-state index is -0.674. The lowest BCUT2D eigenvalue weighted by Crippen LogP contribution is -2.41. The number of hydrogen-bond donors (Lipinski definition) is 2. The Hall–Kier alpha value is -1.43. The van der Waals surface area contributed by atoms with Crippen molar-refractivity contribution in [2.24, 2.45) is 18.9 Å². The average Bonchev–Trinajstić information content (AvgIpc) is 2.73. The number of carboxylic acid groups (broad SMARTS) is 1. The quantitative estimate of drug-likeness (QED) is 0.828. The number of carboxylic acids is 1. The summed E-state index contributed by atoms with van der Waals surface area (Å²) >= 11 is 0. The maximum atomic E-state index is 11.0. The van der Waals surface area contributed by atoms with E-state index >= 15 is 0 Å². The van der Waals surface area contributed by atoms with Gasteiger partial charge in [-0.1, -0.05) is 6.92 Å². The van der Waals surface area contributed by atoms with Gasteiger partial charge < -0.3 is 15.0 Å². The van der Waals surface area contributed by atoms with Crippen molar-refractivity contribution in [3.05, 3.63) is 12.2 Å². The van der Waals surface area contributed by atoms with E-state index < -0.39 is 5.97 Å². The van der Waals surface area contributed by atoms with E-state index in [9.17, 15) is 4.79 Å². The maximum absolute atomic E-state index is 11.0. The molecule has 0 saturated heterocycles. The van der Waals surface area contributed by atoms with Crippen LogP contribution in [0.4, 0.5) is 0 Å². The first-order valence-corrected chi connectivity index (χ1v) is 6.37. The molecule has 18 heavy (non-hydrogen) atoms. The zero-order valence-corrected chi connectivity index (χ0v) is 10.8. The molecule has 1 fully saturated rings. The lowest BCUT2D eigenvalue weighted by atomic mass is 9.79. The number of aliphatic carboxylic acids is 1. The van der Waals surface area contributed by atoms with E-state index in [-0.39, 0.29) is 12.0 Å². The highest BCUT2D eigenvalue weighted by molar-refractivity contribution is 5.70. The summed E-state index contributed by atoms with van der Waals surface area (Å²) < 4.78 is 1.87. The second kappa shape index (κ2) is 5.48. The second-order valence-electron chi connectivity index (χ2n) is 5.17. The van der Waals surface area contributed by atoms with Crippen LogP contribution in [0.3, 0.4) is 0 Å². The van der Waals surface area contributed by atoms with Crippen molar-refractivity contribution in [2.75, 3.05) is 0 Å². The molecule has 0 spiro atoms. The van der Waals surface area contributed by atoms with Gasteiger partial charge in [-0.3, -0.25) is 4.79 Å². The van der Waals surface area contributed by atoms with Gasteiger partial charge in [0.15, 0.2) is 0 Å². The molecule has 100 valence electrons. The minimum absolute atomic E-state index is 0.210. The molecule has 1 heterocycles. The largest absolute Gasteiger partial charge is 0.481 e. The third-order valence-corrected chi connectivity index (χ3v) is 3.87. The molecule has 6 nitrogen and oxygen atoms in total. The average molecular weight is 252 g/mol. The Morgan fingerprint density at radius 2 is 2.39 bits per heavy atom. The molecule has 1 aromatic rings. The molecule has 0 bridgehead atoms. The van der Waals surface area contributed by atoms with Crippen LogP contribution < -0.4 is 5.32 Å². The van der Waals surface area contributed by atoms with E-state index in [1.807, 2.05) is 11.6 Å². The third kappa shape index (κ3) is 2.87. The van der Waals surface area contributed by atoms with E-state index in [0.717, 1.165) is 18.7 Å². The van der Waals surface area contributed by atoms with Crippen LogP contribution in [0.15, 0.2) is 6.33 Å². The second-order valence-corrected chi connectivity index (χ2v) is 5.17. The summed E-state index contributed by atoms with van der Waals surface area (Å²) in [5.41, 5.74) is 0. The van der Waals surface area contributed by atoms with Crippen molar-refractivity contribution in [1.29, 1.82) is 0 Å². The highest BCUT2D eigenvalue weighted by Crippen LogP contribution is 2.29. The van der Waals surface area contributed by atoms with E-state index in [2.05, 4.69) is 22.4 Å². The van der Waals surface area contributed by atoms with Crippen molar-refractivity contribution >= 4 is 5.97 Å².